The highest BCUT2D eigenvalue weighted by Crippen LogP contribution is 2.24. The van der Waals surface area contributed by atoms with E-state index in [2.05, 4.69) is 27.5 Å². The molecule has 0 aliphatic rings. The number of allylic oxidation sites excluding steroid dienone is 1. The smallest absolute Gasteiger partial charge is 0.120 e. The Kier molecular flexibility index (Phi) is 2.89. The van der Waals surface area contributed by atoms with Gasteiger partial charge in [-0.15, -0.1) is 22.9 Å². The van der Waals surface area contributed by atoms with Crippen LogP contribution in [0.5, 0.6) is 0 Å². The van der Waals surface area contributed by atoms with Crippen LogP contribution in [0.25, 0.3) is 5.57 Å². The average Bonchev–Trinajstić information content (AvgIpc) is 2.34. The molecular formula is C6H5BrClNS. The molecular weight excluding hydrogens is 233 g/mol. The number of alkyl halides is 1. The first kappa shape index (κ1) is 8.24. The summed E-state index contributed by atoms with van der Waals surface area (Å²) in [7, 11) is 0. The number of nitrogens with zero attached hydrogens (tertiary/aromatic N) is 1. The van der Waals surface area contributed by atoms with E-state index in [1.807, 2.05) is 0 Å². The maximum atomic E-state index is 5.55. The summed E-state index contributed by atoms with van der Waals surface area (Å²) in [4.78, 5) is 4.07. The van der Waals surface area contributed by atoms with Gasteiger partial charge in [-0.25, -0.2) is 4.98 Å². The first-order valence-corrected chi connectivity index (χ1v) is 4.74. The number of thiazole rings is 1. The van der Waals surface area contributed by atoms with E-state index in [1.165, 1.54) is 0 Å². The summed E-state index contributed by atoms with van der Waals surface area (Å²) in [6.07, 6.45) is 1.75. The molecule has 1 aromatic heterocycles. The third kappa shape index (κ3) is 1.81. The minimum Gasteiger partial charge on any atom is -0.244 e. The summed E-state index contributed by atoms with van der Waals surface area (Å²) >= 11 is 10.4. The summed E-state index contributed by atoms with van der Waals surface area (Å²) in [6.45, 7) is 3.75. The van der Waals surface area contributed by atoms with Gasteiger partial charge in [-0.3, -0.25) is 0 Å². The molecule has 0 bridgehead atoms. The molecule has 1 heterocycles. The number of aromatic nitrogens is 1. The number of rotatable bonds is 2. The van der Waals surface area contributed by atoms with E-state index in [0.29, 0.717) is 5.88 Å². The van der Waals surface area contributed by atoms with Gasteiger partial charge in [-0.1, -0.05) is 6.58 Å². The highest BCUT2D eigenvalue weighted by Gasteiger charge is 2.01. The second-order valence-electron chi connectivity index (χ2n) is 1.71. The molecule has 0 unspecified atom stereocenters. The molecule has 1 rings (SSSR count). The van der Waals surface area contributed by atoms with E-state index < -0.39 is 0 Å². The van der Waals surface area contributed by atoms with Crippen molar-refractivity contribution in [3.8, 4) is 0 Å². The monoisotopic (exact) mass is 237 g/mol. The van der Waals surface area contributed by atoms with Gasteiger partial charge in [0.05, 0.1) is 9.98 Å². The highest BCUT2D eigenvalue weighted by molar-refractivity contribution is 9.11. The van der Waals surface area contributed by atoms with E-state index in [4.69, 9.17) is 11.6 Å². The van der Waals surface area contributed by atoms with Crippen molar-refractivity contribution in [2.45, 2.75) is 0 Å². The summed E-state index contributed by atoms with van der Waals surface area (Å²) in [5.41, 5.74) is 0.873. The van der Waals surface area contributed by atoms with Crippen LogP contribution in [0.1, 0.15) is 5.01 Å². The van der Waals surface area contributed by atoms with Crippen molar-refractivity contribution < 1.29 is 0 Å². The van der Waals surface area contributed by atoms with Crippen LogP contribution in [0.3, 0.4) is 0 Å². The fraction of sp³-hybridized carbons (Fsp3) is 0.167. The normalized spacial score (nSPS) is 9.80. The molecule has 1 nitrogen and oxygen atoms in total. The Hall–Kier alpha value is 0.140. The minimum atomic E-state index is 0.444. The molecule has 1 aromatic rings. The summed E-state index contributed by atoms with van der Waals surface area (Å²) in [6, 6.07) is 0. The zero-order valence-corrected chi connectivity index (χ0v) is 8.26. The zero-order chi connectivity index (χ0) is 7.56. The Balaban J connectivity index is 2.85. The number of hydrogen-bond acceptors (Lipinski definition) is 2. The molecule has 4 heteroatoms. The molecule has 0 aliphatic carbocycles. The van der Waals surface area contributed by atoms with Gasteiger partial charge in [0.2, 0.25) is 0 Å². The van der Waals surface area contributed by atoms with Gasteiger partial charge in [0.25, 0.3) is 0 Å². The van der Waals surface area contributed by atoms with E-state index in [9.17, 15) is 0 Å². The molecule has 0 aliphatic heterocycles. The number of hydrogen-bond donors (Lipinski definition) is 0. The van der Waals surface area contributed by atoms with Crippen LogP contribution < -0.4 is 0 Å². The fourth-order valence-electron chi connectivity index (χ4n) is 0.475. The first-order chi connectivity index (χ1) is 4.74. The average molecular weight is 239 g/mol. The second-order valence-corrected chi connectivity index (χ2v) is 4.38. The summed E-state index contributed by atoms with van der Waals surface area (Å²) in [5, 5.41) is 0.905. The van der Waals surface area contributed by atoms with Crippen LogP contribution in [0.4, 0.5) is 0 Å². The van der Waals surface area contributed by atoms with Gasteiger partial charge in [0.1, 0.15) is 5.01 Å². The molecule has 0 saturated heterocycles. The van der Waals surface area contributed by atoms with E-state index in [0.717, 1.165) is 14.4 Å². The zero-order valence-electron chi connectivity index (χ0n) is 5.10. The SMILES string of the molecule is C=C(CCl)c1ncc(Br)s1. The summed E-state index contributed by atoms with van der Waals surface area (Å²) < 4.78 is 1.01. The van der Waals surface area contributed by atoms with Gasteiger partial charge in [-0.2, -0.15) is 0 Å². The van der Waals surface area contributed by atoms with Crippen LogP contribution in [0, 0.1) is 0 Å². The third-order valence-corrected chi connectivity index (χ3v) is 2.84. The van der Waals surface area contributed by atoms with Crippen LogP contribution in [-0.4, -0.2) is 10.9 Å². The quantitative estimate of drug-likeness (QED) is 0.721. The molecule has 0 radical (unpaired) electrons. The van der Waals surface area contributed by atoms with Gasteiger partial charge >= 0.3 is 0 Å². The van der Waals surface area contributed by atoms with Crippen LogP contribution >= 0.6 is 38.9 Å². The molecule has 0 atom stereocenters. The van der Waals surface area contributed by atoms with E-state index in [1.54, 1.807) is 17.5 Å². The minimum absolute atomic E-state index is 0.444. The second kappa shape index (κ2) is 3.51. The van der Waals surface area contributed by atoms with Gasteiger partial charge < -0.3 is 0 Å². The van der Waals surface area contributed by atoms with E-state index >= 15 is 0 Å². The standard InChI is InChI=1S/C6H5BrClNS/c1-4(2-8)6-9-3-5(7)10-6/h3H,1-2H2. The van der Waals surface area contributed by atoms with Crippen LogP contribution in [0.15, 0.2) is 16.6 Å². The van der Waals surface area contributed by atoms with Gasteiger partial charge in [-0.05, 0) is 21.5 Å². The molecule has 0 N–H and O–H groups in total. The topological polar surface area (TPSA) is 12.9 Å². The highest BCUT2D eigenvalue weighted by atomic mass is 79.9. The van der Waals surface area contributed by atoms with Crippen molar-refractivity contribution >= 4 is 44.4 Å². The predicted octanol–water partition coefficient (Wildman–Crippen LogP) is 3.16. The maximum Gasteiger partial charge on any atom is 0.120 e. The van der Waals surface area contributed by atoms with Crippen molar-refractivity contribution in [3.63, 3.8) is 0 Å². The van der Waals surface area contributed by atoms with Gasteiger partial charge in [0.15, 0.2) is 0 Å². The lowest BCUT2D eigenvalue weighted by Crippen LogP contribution is -1.79. The van der Waals surface area contributed by atoms with Crippen molar-refractivity contribution in [1.29, 1.82) is 0 Å². The molecule has 0 saturated carbocycles. The van der Waals surface area contributed by atoms with Crippen molar-refractivity contribution in [2.75, 3.05) is 5.88 Å². The Labute approximate surface area is 76.9 Å². The number of halogens is 2. The summed E-state index contributed by atoms with van der Waals surface area (Å²) in [5.74, 6) is 0.444. The molecule has 0 fully saturated rings. The Morgan fingerprint density at radius 3 is 3.00 bits per heavy atom. The third-order valence-electron chi connectivity index (χ3n) is 0.941. The van der Waals surface area contributed by atoms with E-state index in [-0.39, 0.29) is 0 Å². The lowest BCUT2D eigenvalue weighted by molar-refractivity contribution is 1.36. The Morgan fingerprint density at radius 1 is 1.90 bits per heavy atom. The molecule has 0 aromatic carbocycles. The first-order valence-electron chi connectivity index (χ1n) is 2.59. The fourth-order valence-corrected chi connectivity index (χ4v) is 1.86. The Morgan fingerprint density at radius 2 is 2.60 bits per heavy atom. The lowest BCUT2D eigenvalue weighted by atomic mass is 10.4. The molecule has 0 spiro atoms. The van der Waals surface area contributed by atoms with Crippen molar-refractivity contribution in [2.24, 2.45) is 0 Å². The molecule has 54 valence electrons. The predicted molar refractivity (Wildman–Crippen MR) is 49.6 cm³/mol. The molecule has 10 heavy (non-hydrogen) atoms. The van der Waals surface area contributed by atoms with Crippen molar-refractivity contribution in [1.82, 2.24) is 4.98 Å². The van der Waals surface area contributed by atoms with Crippen LogP contribution in [-0.2, 0) is 0 Å². The van der Waals surface area contributed by atoms with Crippen LogP contribution in [0.2, 0.25) is 0 Å². The lowest BCUT2D eigenvalue weighted by Gasteiger charge is -1.90. The molecule has 0 amide bonds. The largest absolute Gasteiger partial charge is 0.244 e. The maximum absolute atomic E-state index is 5.55. The van der Waals surface area contributed by atoms with Gasteiger partial charge in [0, 0.05) is 5.88 Å². The van der Waals surface area contributed by atoms with Crippen molar-refractivity contribution in [3.05, 3.63) is 21.6 Å². The Bertz CT molecular complexity index is 246.